The molecule has 0 aliphatic carbocycles. The van der Waals surface area contributed by atoms with Gasteiger partial charge in [0.15, 0.2) is 5.76 Å². The van der Waals surface area contributed by atoms with Crippen molar-refractivity contribution >= 4 is 18.0 Å². The van der Waals surface area contributed by atoms with Gasteiger partial charge in [-0.3, -0.25) is 10.3 Å². The maximum atomic E-state index is 11.8. The van der Waals surface area contributed by atoms with E-state index >= 15 is 0 Å². The first kappa shape index (κ1) is 19.4. The first-order chi connectivity index (χ1) is 11.0. The number of ether oxygens (including phenoxy) is 3. The lowest BCUT2D eigenvalue weighted by Crippen LogP contribution is -2.30. The van der Waals surface area contributed by atoms with Crippen molar-refractivity contribution in [1.82, 2.24) is 15.3 Å². The first-order valence-corrected chi connectivity index (χ1v) is 7.33. The quantitative estimate of drug-likeness (QED) is 0.667. The molecule has 1 aromatic rings. The van der Waals surface area contributed by atoms with Gasteiger partial charge in [0.25, 0.3) is 0 Å². The molecule has 0 aromatic carbocycles. The molecule has 0 radical (unpaired) electrons. The van der Waals surface area contributed by atoms with E-state index in [1.807, 2.05) is 0 Å². The second-order valence-electron chi connectivity index (χ2n) is 6.81. The van der Waals surface area contributed by atoms with Crippen LogP contribution in [0, 0.1) is 0 Å². The molecule has 1 amide bonds. The molecule has 24 heavy (non-hydrogen) atoms. The highest BCUT2D eigenvalue weighted by atomic mass is 16.7. The number of alkyl carbamates (subject to hydrolysis) is 1. The predicted octanol–water partition coefficient (Wildman–Crippen LogP) is 3.25. The summed E-state index contributed by atoms with van der Waals surface area (Å²) < 4.78 is 15.3. The van der Waals surface area contributed by atoms with Gasteiger partial charge in [-0.1, -0.05) is 0 Å². The number of nitrogens with one attached hydrogen (secondary N) is 1. The summed E-state index contributed by atoms with van der Waals surface area (Å²) in [6.07, 6.45) is 3.82. The summed E-state index contributed by atoms with van der Waals surface area (Å²) in [5, 5.41) is 2.38. The van der Waals surface area contributed by atoms with Crippen LogP contribution in [0.25, 0.3) is 5.76 Å². The Hall–Kier alpha value is -2.64. The average Bonchev–Trinajstić information content (AvgIpc) is 2.40. The molecule has 1 N–H and O–H groups in total. The minimum atomic E-state index is -0.926. The van der Waals surface area contributed by atoms with Gasteiger partial charge in [0.2, 0.25) is 0 Å². The molecule has 0 aliphatic heterocycles. The van der Waals surface area contributed by atoms with E-state index in [9.17, 15) is 9.59 Å². The van der Waals surface area contributed by atoms with Gasteiger partial charge < -0.3 is 14.2 Å². The van der Waals surface area contributed by atoms with Crippen molar-refractivity contribution in [2.75, 3.05) is 0 Å². The Morgan fingerprint density at radius 2 is 1.67 bits per heavy atom. The normalized spacial score (nSPS) is 12.3. The zero-order valence-electron chi connectivity index (χ0n) is 14.7. The standard InChI is InChI=1S/C16H23N3O5/c1-15(2,3)23-13(20)19-10-12(11-9-17-7-8-18-11)22-14(21)24-16(4,5)6/h7-10H,1-6H3,(H,19,20). The van der Waals surface area contributed by atoms with Gasteiger partial charge >= 0.3 is 12.2 Å². The Bertz CT molecular complexity index is 600. The van der Waals surface area contributed by atoms with E-state index in [0.29, 0.717) is 0 Å². The lowest BCUT2D eigenvalue weighted by Gasteiger charge is -2.20. The Balaban J connectivity index is 2.88. The molecule has 0 aliphatic rings. The molecule has 0 fully saturated rings. The van der Waals surface area contributed by atoms with Crippen molar-refractivity contribution in [1.29, 1.82) is 0 Å². The molecule has 0 unspecified atom stereocenters. The molecule has 0 saturated heterocycles. The fourth-order valence-electron chi connectivity index (χ4n) is 1.37. The molecular formula is C16H23N3O5. The third kappa shape index (κ3) is 8.11. The van der Waals surface area contributed by atoms with E-state index in [-0.39, 0.29) is 11.5 Å². The Labute approximate surface area is 141 Å². The van der Waals surface area contributed by atoms with Crippen molar-refractivity contribution in [3.05, 3.63) is 30.5 Å². The van der Waals surface area contributed by atoms with Crippen molar-refractivity contribution in [3.8, 4) is 0 Å². The summed E-state index contributed by atoms with van der Waals surface area (Å²) in [5.74, 6) is -0.0248. The van der Waals surface area contributed by atoms with E-state index in [1.165, 1.54) is 24.8 Å². The fourth-order valence-corrected chi connectivity index (χ4v) is 1.37. The number of hydrogen-bond donors (Lipinski definition) is 1. The van der Waals surface area contributed by atoms with Gasteiger partial charge in [-0.2, -0.15) is 0 Å². The summed E-state index contributed by atoms with van der Waals surface area (Å²) >= 11 is 0. The van der Waals surface area contributed by atoms with E-state index in [2.05, 4.69) is 15.3 Å². The summed E-state index contributed by atoms with van der Waals surface area (Å²) in [6.45, 7) is 10.3. The molecule has 1 rings (SSSR count). The lowest BCUT2D eigenvalue weighted by atomic mass is 10.2. The van der Waals surface area contributed by atoms with Crippen LogP contribution in [0.2, 0.25) is 0 Å². The smallest absolute Gasteiger partial charge is 0.444 e. The zero-order chi connectivity index (χ0) is 18.4. The van der Waals surface area contributed by atoms with E-state index < -0.39 is 23.5 Å². The molecule has 8 nitrogen and oxygen atoms in total. The molecule has 8 heteroatoms. The number of amides is 1. The van der Waals surface area contributed by atoms with E-state index in [0.717, 1.165) is 0 Å². The summed E-state index contributed by atoms with van der Waals surface area (Å²) in [5.41, 5.74) is -1.13. The third-order valence-electron chi connectivity index (χ3n) is 2.12. The monoisotopic (exact) mass is 337 g/mol. The van der Waals surface area contributed by atoms with Gasteiger partial charge in [0.05, 0.1) is 12.4 Å². The minimum Gasteiger partial charge on any atom is -0.444 e. The topological polar surface area (TPSA) is 99.6 Å². The predicted molar refractivity (Wildman–Crippen MR) is 86.7 cm³/mol. The number of hydrogen-bond acceptors (Lipinski definition) is 7. The van der Waals surface area contributed by atoms with Crippen LogP contribution < -0.4 is 5.32 Å². The molecule has 0 spiro atoms. The number of rotatable bonds is 3. The highest BCUT2D eigenvalue weighted by Crippen LogP contribution is 2.16. The number of carbonyl (C=O) groups excluding carboxylic acids is 2. The van der Waals surface area contributed by atoms with Crippen molar-refractivity contribution in [2.45, 2.75) is 52.7 Å². The van der Waals surface area contributed by atoms with Gasteiger partial charge in [0.1, 0.15) is 16.9 Å². The molecule has 0 saturated carbocycles. The maximum absolute atomic E-state index is 11.8. The van der Waals surface area contributed by atoms with Gasteiger partial charge in [-0.25, -0.2) is 14.6 Å². The molecular weight excluding hydrogens is 314 g/mol. The van der Waals surface area contributed by atoms with Crippen LogP contribution in [-0.4, -0.2) is 33.4 Å². The second kappa shape index (κ2) is 7.76. The lowest BCUT2D eigenvalue weighted by molar-refractivity contribution is 0.0144. The highest BCUT2D eigenvalue weighted by molar-refractivity contribution is 5.75. The third-order valence-corrected chi connectivity index (χ3v) is 2.12. The van der Waals surface area contributed by atoms with Gasteiger partial charge in [-0.05, 0) is 41.5 Å². The second-order valence-corrected chi connectivity index (χ2v) is 6.81. The molecule has 0 bridgehead atoms. The van der Waals surface area contributed by atoms with Crippen LogP contribution in [-0.2, 0) is 14.2 Å². The minimum absolute atomic E-state index is 0.0248. The molecule has 132 valence electrons. The molecule has 1 aromatic heterocycles. The average molecular weight is 337 g/mol. The molecule has 0 atom stereocenters. The van der Waals surface area contributed by atoms with Crippen molar-refractivity contribution in [2.24, 2.45) is 0 Å². The molecule has 1 heterocycles. The van der Waals surface area contributed by atoms with Crippen LogP contribution in [0.3, 0.4) is 0 Å². The first-order valence-electron chi connectivity index (χ1n) is 7.33. The Morgan fingerprint density at radius 1 is 1.04 bits per heavy atom. The number of carbonyl (C=O) groups is 2. The van der Waals surface area contributed by atoms with E-state index in [1.54, 1.807) is 41.5 Å². The number of aromatic nitrogens is 2. The SMILES string of the molecule is CC(C)(C)OC(=O)NC=C(OC(=O)OC(C)(C)C)c1cnccn1. The van der Waals surface area contributed by atoms with Gasteiger partial charge in [-0.15, -0.1) is 0 Å². The van der Waals surface area contributed by atoms with Crippen LogP contribution in [0.1, 0.15) is 47.2 Å². The van der Waals surface area contributed by atoms with Crippen molar-refractivity contribution < 1.29 is 23.8 Å². The summed E-state index contributed by atoms with van der Waals surface area (Å²) in [6, 6.07) is 0. The van der Waals surface area contributed by atoms with Crippen LogP contribution in [0.5, 0.6) is 0 Å². The summed E-state index contributed by atoms with van der Waals surface area (Å²) in [4.78, 5) is 31.5. The summed E-state index contributed by atoms with van der Waals surface area (Å²) in [7, 11) is 0. The number of nitrogens with zero attached hydrogens (tertiary/aromatic N) is 2. The van der Waals surface area contributed by atoms with Crippen LogP contribution in [0.15, 0.2) is 24.8 Å². The Morgan fingerprint density at radius 3 is 2.17 bits per heavy atom. The van der Waals surface area contributed by atoms with Crippen LogP contribution >= 0.6 is 0 Å². The van der Waals surface area contributed by atoms with Crippen LogP contribution in [0.4, 0.5) is 9.59 Å². The Kier molecular flexibility index (Phi) is 6.27. The largest absolute Gasteiger partial charge is 0.514 e. The maximum Gasteiger partial charge on any atom is 0.514 e. The zero-order valence-corrected chi connectivity index (χ0v) is 14.7. The fraction of sp³-hybridized carbons (Fsp3) is 0.500. The van der Waals surface area contributed by atoms with Crippen molar-refractivity contribution in [3.63, 3.8) is 0 Å². The highest BCUT2D eigenvalue weighted by Gasteiger charge is 2.21. The van der Waals surface area contributed by atoms with Gasteiger partial charge in [0, 0.05) is 12.4 Å². The van der Waals surface area contributed by atoms with E-state index in [4.69, 9.17) is 14.2 Å².